The van der Waals surface area contributed by atoms with Gasteiger partial charge in [-0.25, -0.2) is 8.42 Å². The maximum atomic E-state index is 12.5. The minimum absolute atomic E-state index is 0.0728. The van der Waals surface area contributed by atoms with Crippen molar-refractivity contribution in [2.24, 2.45) is 0 Å². The largest absolute Gasteiger partial charge is 0.404 e. The second-order valence-corrected chi connectivity index (χ2v) is 8.84. The summed E-state index contributed by atoms with van der Waals surface area (Å²) < 4.78 is 67.2. The van der Waals surface area contributed by atoms with Crippen LogP contribution in [-0.2, 0) is 10.0 Å². The van der Waals surface area contributed by atoms with Crippen LogP contribution < -0.4 is 5.32 Å². The van der Waals surface area contributed by atoms with Crippen LogP contribution in [0, 0.1) is 0 Å². The number of carbonyl (C=O) groups excluding carboxylic acids is 1. The Morgan fingerprint density at radius 1 is 1.38 bits per heavy atom. The summed E-state index contributed by atoms with van der Waals surface area (Å²) in [6.45, 7) is 1.46. The van der Waals surface area contributed by atoms with Crippen molar-refractivity contribution in [1.82, 2.24) is 14.8 Å². The Labute approximate surface area is 148 Å². The van der Waals surface area contributed by atoms with E-state index in [0.29, 0.717) is 11.7 Å². The van der Waals surface area contributed by atoms with Gasteiger partial charge in [0.05, 0.1) is 0 Å². The van der Waals surface area contributed by atoms with Crippen molar-refractivity contribution < 1.29 is 30.9 Å². The molecule has 1 aromatic heterocycles. The Kier molecular flexibility index (Phi) is 5.04. The lowest BCUT2D eigenvalue weighted by Crippen LogP contribution is -2.52. The second-order valence-electron chi connectivity index (χ2n) is 6.91. The molecular formula is C15H20F3N3O4S. The van der Waals surface area contributed by atoms with Gasteiger partial charge in [-0.1, -0.05) is 5.16 Å². The molecule has 0 radical (unpaired) electrons. The molecule has 0 aromatic carbocycles. The summed E-state index contributed by atoms with van der Waals surface area (Å²) in [6.07, 6.45) is -2.29. The molecule has 2 fully saturated rings. The van der Waals surface area contributed by atoms with Crippen molar-refractivity contribution in [2.45, 2.75) is 56.8 Å². The molecule has 0 spiro atoms. The molecule has 146 valence electrons. The number of hydrogen-bond acceptors (Lipinski definition) is 5. The van der Waals surface area contributed by atoms with E-state index in [-0.39, 0.29) is 31.1 Å². The van der Waals surface area contributed by atoms with Gasteiger partial charge in [0.15, 0.2) is 11.4 Å². The van der Waals surface area contributed by atoms with Gasteiger partial charge in [-0.05, 0) is 32.6 Å². The van der Waals surface area contributed by atoms with Crippen LogP contribution in [0.5, 0.6) is 0 Å². The van der Waals surface area contributed by atoms with E-state index in [2.05, 4.69) is 10.5 Å². The monoisotopic (exact) mass is 395 g/mol. The van der Waals surface area contributed by atoms with E-state index in [1.54, 1.807) is 6.07 Å². The summed E-state index contributed by atoms with van der Waals surface area (Å²) in [5, 5.41) is 6.49. The Bertz CT molecular complexity index is 773. The van der Waals surface area contributed by atoms with Gasteiger partial charge in [0.2, 0.25) is 10.0 Å². The number of aromatic nitrogens is 1. The summed E-state index contributed by atoms with van der Waals surface area (Å²) in [6, 6.07) is 0.621. The van der Waals surface area contributed by atoms with Crippen molar-refractivity contribution in [3.8, 4) is 0 Å². The van der Waals surface area contributed by atoms with Crippen molar-refractivity contribution in [3.63, 3.8) is 0 Å². The molecule has 2 atom stereocenters. The van der Waals surface area contributed by atoms with Gasteiger partial charge in [0.25, 0.3) is 5.91 Å². The first-order valence-electron chi connectivity index (χ1n) is 8.39. The van der Waals surface area contributed by atoms with Crippen LogP contribution in [0.1, 0.15) is 54.8 Å². The van der Waals surface area contributed by atoms with Gasteiger partial charge in [0, 0.05) is 30.6 Å². The zero-order chi connectivity index (χ0) is 19.1. The van der Waals surface area contributed by atoms with Gasteiger partial charge in [-0.15, -0.1) is 0 Å². The highest BCUT2D eigenvalue weighted by Crippen LogP contribution is 2.40. The molecule has 1 saturated carbocycles. The van der Waals surface area contributed by atoms with Gasteiger partial charge in [-0.2, -0.15) is 17.5 Å². The zero-order valence-electron chi connectivity index (χ0n) is 14.1. The molecule has 3 rings (SSSR count). The zero-order valence-corrected chi connectivity index (χ0v) is 14.9. The molecule has 2 aliphatic rings. The van der Waals surface area contributed by atoms with Crippen LogP contribution >= 0.6 is 0 Å². The maximum absolute atomic E-state index is 12.5. The molecule has 1 saturated heterocycles. The molecule has 0 bridgehead atoms. The van der Waals surface area contributed by atoms with Crippen LogP contribution in [0.2, 0.25) is 0 Å². The first kappa shape index (κ1) is 19.2. The number of hydrogen-bond donors (Lipinski definition) is 1. The molecule has 11 heteroatoms. The average molecular weight is 395 g/mol. The summed E-state index contributed by atoms with van der Waals surface area (Å²) in [5.41, 5.74) is 0.159. The number of nitrogens with one attached hydrogen (secondary N) is 1. The van der Waals surface area contributed by atoms with Crippen molar-refractivity contribution in [2.75, 3.05) is 12.3 Å². The number of sulfonamides is 1. The van der Waals surface area contributed by atoms with E-state index < -0.39 is 33.9 Å². The average Bonchev–Trinajstić information content (AvgIpc) is 3.21. The van der Waals surface area contributed by atoms with Crippen LogP contribution in [0.4, 0.5) is 13.2 Å². The third kappa shape index (κ3) is 4.56. The minimum atomic E-state index is -4.78. The van der Waals surface area contributed by atoms with Crippen LogP contribution in [0.25, 0.3) is 0 Å². The van der Waals surface area contributed by atoms with E-state index in [1.807, 2.05) is 0 Å². The highest BCUT2D eigenvalue weighted by atomic mass is 32.2. The molecule has 1 aromatic rings. The highest BCUT2D eigenvalue weighted by Gasteiger charge is 2.42. The first-order valence-corrected chi connectivity index (χ1v) is 10.00. The van der Waals surface area contributed by atoms with E-state index in [9.17, 15) is 26.4 Å². The number of carbonyl (C=O) groups is 1. The predicted octanol–water partition coefficient (Wildman–Crippen LogP) is 2.03. The maximum Gasteiger partial charge on any atom is 0.404 e. The third-order valence-electron chi connectivity index (χ3n) is 4.59. The molecule has 26 heavy (non-hydrogen) atoms. The Morgan fingerprint density at radius 2 is 2.08 bits per heavy atom. The number of rotatable bonds is 5. The predicted molar refractivity (Wildman–Crippen MR) is 85.0 cm³/mol. The molecule has 1 N–H and O–H groups in total. The molecule has 7 nitrogen and oxygen atoms in total. The van der Waals surface area contributed by atoms with Gasteiger partial charge in [0.1, 0.15) is 5.76 Å². The summed E-state index contributed by atoms with van der Waals surface area (Å²) >= 11 is 0. The van der Waals surface area contributed by atoms with E-state index in [1.165, 1.54) is 6.92 Å². The lowest BCUT2D eigenvalue weighted by Gasteiger charge is -2.37. The normalized spacial score (nSPS) is 25.2. The Hall–Kier alpha value is -1.62. The first-order chi connectivity index (χ1) is 12.0. The fraction of sp³-hybridized carbons (Fsp3) is 0.733. The lowest BCUT2D eigenvalue weighted by atomic mass is 10.0. The fourth-order valence-electron chi connectivity index (χ4n) is 3.20. The molecule has 0 unspecified atom stereocenters. The lowest BCUT2D eigenvalue weighted by molar-refractivity contribution is -0.107. The van der Waals surface area contributed by atoms with E-state index in [0.717, 1.165) is 17.1 Å². The number of piperidine rings is 1. The van der Waals surface area contributed by atoms with Gasteiger partial charge >= 0.3 is 6.18 Å². The van der Waals surface area contributed by atoms with Gasteiger partial charge in [-0.3, -0.25) is 4.79 Å². The third-order valence-corrected chi connectivity index (χ3v) is 6.54. The molecular weight excluding hydrogens is 375 g/mol. The topological polar surface area (TPSA) is 92.5 Å². The summed E-state index contributed by atoms with van der Waals surface area (Å²) in [4.78, 5) is 12.2. The quantitative estimate of drug-likeness (QED) is 0.824. The number of alkyl halides is 3. The molecule has 2 heterocycles. The molecule has 1 amide bonds. The van der Waals surface area contributed by atoms with E-state index >= 15 is 0 Å². The second kappa shape index (κ2) is 6.84. The van der Waals surface area contributed by atoms with Crippen LogP contribution in [0.15, 0.2) is 10.6 Å². The number of amides is 1. The molecule has 1 aliphatic carbocycles. The van der Waals surface area contributed by atoms with Crippen LogP contribution in [-0.4, -0.2) is 54.3 Å². The van der Waals surface area contributed by atoms with Crippen molar-refractivity contribution >= 4 is 15.9 Å². The SMILES string of the molecule is C[C@@H]1C[C@@H](NC(=O)c2cc(C3CC3)on2)CCN1S(=O)(=O)CC(F)(F)F. The molecule has 1 aliphatic heterocycles. The Morgan fingerprint density at radius 3 is 2.65 bits per heavy atom. The van der Waals surface area contributed by atoms with E-state index in [4.69, 9.17) is 4.52 Å². The van der Waals surface area contributed by atoms with Crippen molar-refractivity contribution in [1.29, 1.82) is 0 Å². The highest BCUT2D eigenvalue weighted by molar-refractivity contribution is 7.89. The fourth-order valence-corrected chi connectivity index (χ4v) is 4.80. The van der Waals surface area contributed by atoms with Crippen molar-refractivity contribution in [3.05, 3.63) is 17.5 Å². The number of nitrogens with zero attached hydrogens (tertiary/aromatic N) is 2. The standard InChI is InChI=1S/C15H20F3N3O4S/c1-9-6-11(4-5-21(9)26(23,24)8-15(16,17)18)19-14(22)12-7-13(25-20-12)10-2-3-10/h7,9-11H,2-6,8H2,1H3,(H,19,22)/t9-,11+/m1/s1. The number of halogens is 3. The summed E-state index contributed by atoms with van der Waals surface area (Å²) in [5.74, 6) is -1.29. The smallest absolute Gasteiger partial charge is 0.360 e. The Balaban J connectivity index is 1.57. The van der Waals surface area contributed by atoms with Gasteiger partial charge < -0.3 is 9.84 Å². The van der Waals surface area contributed by atoms with Crippen LogP contribution in [0.3, 0.4) is 0 Å². The summed E-state index contributed by atoms with van der Waals surface area (Å²) in [7, 11) is -4.43. The minimum Gasteiger partial charge on any atom is -0.360 e.